The topological polar surface area (TPSA) is 29.3 Å². The first kappa shape index (κ1) is 37.7. The predicted octanol–water partition coefficient (Wildman–Crippen LogP) is 11.3. The van der Waals surface area contributed by atoms with E-state index in [9.17, 15) is 0 Å². The van der Waals surface area contributed by atoms with Crippen LogP contribution in [0.5, 0.6) is 0 Å². The molecule has 4 heteroatoms. The molecule has 2 nitrogen and oxygen atoms in total. The van der Waals surface area contributed by atoms with Crippen molar-refractivity contribution in [2.75, 3.05) is 26.2 Å². The monoisotopic (exact) mass is 720 g/mol. The van der Waals surface area contributed by atoms with Crippen LogP contribution in [-0.4, -0.2) is 40.6 Å². The molecule has 0 saturated heterocycles. The Bertz CT molecular complexity index is 1600. The summed E-state index contributed by atoms with van der Waals surface area (Å²) in [5.41, 5.74) is 14.1. The lowest BCUT2D eigenvalue weighted by Gasteiger charge is -2.46. The van der Waals surface area contributed by atoms with Crippen molar-refractivity contribution < 1.29 is 0 Å². The second-order valence-corrected chi connectivity index (χ2v) is 18.6. The van der Waals surface area contributed by atoms with Crippen molar-refractivity contribution in [3.8, 4) is 0 Å². The Labute approximate surface area is 320 Å². The van der Waals surface area contributed by atoms with Crippen molar-refractivity contribution in [3.63, 3.8) is 0 Å². The molecule has 0 aliphatic heterocycles. The third-order valence-electron chi connectivity index (χ3n) is 9.59. The highest BCUT2D eigenvalue weighted by molar-refractivity contribution is 8.02. The fraction of sp³-hybridized carbons (Fsp3) is 0.250. The first-order valence-electron chi connectivity index (χ1n) is 18.3. The van der Waals surface area contributed by atoms with Crippen molar-refractivity contribution in [1.82, 2.24) is 4.90 Å². The van der Waals surface area contributed by atoms with Crippen LogP contribution in [0.15, 0.2) is 182 Å². The fourth-order valence-electron chi connectivity index (χ4n) is 7.76. The number of thioether (sulfide) groups is 2. The molecule has 6 rings (SSSR count). The number of nitrogens with two attached hydrogens (primary N) is 1. The molecule has 6 aromatic carbocycles. The van der Waals surface area contributed by atoms with Crippen LogP contribution >= 0.6 is 23.5 Å². The molecule has 0 bridgehead atoms. The van der Waals surface area contributed by atoms with Gasteiger partial charge >= 0.3 is 0 Å². The van der Waals surface area contributed by atoms with Gasteiger partial charge < -0.3 is 5.73 Å². The average molecular weight is 721 g/mol. The zero-order valence-electron chi connectivity index (χ0n) is 31.0. The minimum absolute atomic E-state index is 0.160. The van der Waals surface area contributed by atoms with Gasteiger partial charge in [-0.25, -0.2) is 0 Å². The van der Waals surface area contributed by atoms with E-state index in [1.165, 1.54) is 33.4 Å². The van der Waals surface area contributed by atoms with Crippen LogP contribution in [0.3, 0.4) is 0 Å². The number of nitrogens with zero attached hydrogens (tertiary/aromatic N) is 1. The first-order chi connectivity index (χ1) is 25.2. The average Bonchev–Trinajstić information content (AvgIpc) is 3.18. The summed E-state index contributed by atoms with van der Waals surface area (Å²) in [6, 6.07) is 66.2. The number of benzene rings is 6. The second kappa shape index (κ2) is 16.7. The quantitative estimate of drug-likeness (QED) is 0.101. The Morgan fingerprint density at radius 3 is 0.788 bits per heavy atom. The van der Waals surface area contributed by atoms with Crippen LogP contribution in [0, 0.1) is 0 Å². The van der Waals surface area contributed by atoms with Crippen LogP contribution in [0.1, 0.15) is 61.1 Å². The molecule has 0 radical (unpaired) electrons. The van der Waals surface area contributed by atoms with E-state index in [1.54, 1.807) is 0 Å². The van der Waals surface area contributed by atoms with Crippen LogP contribution < -0.4 is 5.73 Å². The van der Waals surface area contributed by atoms with E-state index in [4.69, 9.17) is 5.73 Å². The van der Waals surface area contributed by atoms with E-state index < -0.39 is 9.49 Å². The molecule has 6 aromatic rings. The smallest absolute Gasteiger partial charge is 0.0912 e. The van der Waals surface area contributed by atoms with Gasteiger partial charge in [0.05, 0.1) is 9.49 Å². The molecule has 0 atom stereocenters. The molecule has 0 aliphatic rings. The van der Waals surface area contributed by atoms with Crippen LogP contribution in [0.4, 0.5) is 0 Å². The summed E-state index contributed by atoms with van der Waals surface area (Å²) in [5, 5.41) is 0. The summed E-state index contributed by atoms with van der Waals surface area (Å²) < 4.78 is -1.14. The molecular weight excluding hydrogens is 669 g/mol. The molecule has 0 amide bonds. The summed E-state index contributed by atoms with van der Waals surface area (Å²) in [5.74, 6) is 0. The van der Waals surface area contributed by atoms with E-state index in [1.807, 2.05) is 23.5 Å². The lowest BCUT2D eigenvalue weighted by molar-refractivity contribution is 0.245. The molecule has 0 unspecified atom stereocenters. The van der Waals surface area contributed by atoms with Gasteiger partial charge in [0, 0.05) is 35.7 Å². The number of rotatable bonds is 16. The summed E-state index contributed by atoms with van der Waals surface area (Å²) >= 11 is 4.10. The number of hydrogen-bond donors (Lipinski definition) is 1. The van der Waals surface area contributed by atoms with E-state index >= 15 is 0 Å². The molecular formula is C48H52N2S2. The molecule has 0 aliphatic carbocycles. The molecule has 2 N–H and O–H groups in total. The van der Waals surface area contributed by atoms with Gasteiger partial charge in [0.15, 0.2) is 0 Å². The van der Waals surface area contributed by atoms with Gasteiger partial charge in [-0.3, -0.25) is 4.90 Å². The predicted molar refractivity (Wildman–Crippen MR) is 227 cm³/mol. The van der Waals surface area contributed by atoms with Gasteiger partial charge in [0.2, 0.25) is 0 Å². The van der Waals surface area contributed by atoms with Gasteiger partial charge in [0.25, 0.3) is 0 Å². The minimum Gasteiger partial charge on any atom is -0.329 e. The molecule has 0 saturated carbocycles. The highest BCUT2D eigenvalue weighted by atomic mass is 32.2. The van der Waals surface area contributed by atoms with Gasteiger partial charge in [0.1, 0.15) is 0 Å². The van der Waals surface area contributed by atoms with E-state index in [2.05, 4.69) is 215 Å². The number of hydrogen-bond acceptors (Lipinski definition) is 4. The highest BCUT2D eigenvalue weighted by Crippen LogP contribution is 2.55. The van der Waals surface area contributed by atoms with Crippen molar-refractivity contribution in [3.05, 3.63) is 215 Å². The van der Waals surface area contributed by atoms with E-state index in [0.29, 0.717) is 6.54 Å². The van der Waals surface area contributed by atoms with Crippen LogP contribution in [0.25, 0.3) is 0 Å². The maximum absolute atomic E-state index is 6.41. The van der Waals surface area contributed by atoms with Gasteiger partial charge in [-0.1, -0.05) is 182 Å². The Morgan fingerprint density at radius 2 is 0.596 bits per heavy atom. The molecule has 0 spiro atoms. The van der Waals surface area contributed by atoms with Crippen molar-refractivity contribution >= 4 is 23.5 Å². The Hall–Kier alpha value is -4.06. The first-order valence-corrected chi connectivity index (χ1v) is 20.0. The zero-order valence-corrected chi connectivity index (χ0v) is 32.6. The summed E-state index contributed by atoms with van der Waals surface area (Å²) in [7, 11) is 0. The third-order valence-corrected chi connectivity index (χ3v) is 13.0. The second-order valence-electron chi connectivity index (χ2n) is 14.8. The maximum Gasteiger partial charge on any atom is 0.0912 e. The lowest BCUT2D eigenvalue weighted by Crippen LogP contribution is -2.48. The van der Waals surface area contributed by atoms with Gasteiger partial charge in [-0.05, 0) is 61.1 Å². The molecule has 52 heavy (non-hydrogen) atoms. The van der Waals surface area contributed by atoms with Crippen molar-refractivity contribution in [2.45, 2.75) is 46.7 Å². The summed E-state index contributed by atoms with van der Waals surface area (Å²) in [6.45, 7) is 12.8. The van der Waals surface area contributed by atoms with Crippen molar-refractivity contribution in [1.29, 1.82) is 0 Å². The third kappa shape index (κ3) is 8.43. The van der Waals surface area contributed by atoms with Crippen molar-refractivity contribution in [2.24, 2.45) is 5.73 Å². The highest BCUT2D eigenvalue weighted by Gasteiger charge is 2.45. The van der Waals surface area contributed by atoms with Gasteiger partial charge in [-0.15, -0.1) is 23.5 Å². The minimum atomic E-state index is -0.408. The summed E-state index contributed by atoms with van der Waals surface area (Å²) in [6.07, 6.45) is 0. The Morgan fingerprint density at radius 1 is 0.385 bits per heavy atom. The molecule has 0 fully saturated rings. The molecule has 266 valence electrons. The Balaban J connectivity index is 1.38. The maximum atomic E-state index is 6.41. The normalized spacial score (nSPS) is 12.6. The van der Waals surface area contributed by atoms with E-state index in [-0.39, 0.29) is 9.49 Å². The largest absolute Gasteiger partial charge is 0.329 e. The van der Waals surface area contributed by atoms with Gasteiger partial charge in [-0.2, -0.15) is 0 Å². The zero-order chi connectivity index (χ0) is 36.5. The lowest BCUT2D eigenvalue weighted by atomic mass is 9.84. The summed E-state index contributed by atoms with van der Waals surface area (Å²) in [4.78, 5) is 2.61. The van der Waals surface area contributed by atoms with Crippen LogP contribution in [0.2, 0.25) is 0 Å². The Kier molecular flexibility index (Phi) is 12.1. The SMILES string of the molecule is CC(C)(CN(CCN)CC(C)(C)SC(c1ccccc1)(c1ccccc1)c1ccccc1)SC(c1ccccc1)(c1ccccc1)c1ccccc1. The fourth-order valence-corrected chi connectivity index (χ4v) is 11.4. The standard InChI is InChI=1S/C48H52N2S2/c1-45(2,51-47(39-23-11-5-12-24-39,40-25-13-6-14-26-40)41-27-15-7-16-28-41)37-50(36-35-49)38-46(3,4)52-48(42-29-17-8-18-30-42,43-31-19-9-20-32-43)44-33-21-10-22-34-44/h5-34H,35-38,49H2,1-4H3. The molecule has 0 heterocycles. The molecule has 0 aromatic heterocycles. The van der Waals surface area contributed by atoms with E-state index in [0.717, 1.165) is 19.6 Å². The van der Waals surface area contributed by atoms with Crippen LogP contribution in [-0.2, 0) is 9.49 Å².